The summed E-state index contributed by atoms with van der Waals surface area (Å²) in [5, 5.41) is 2.17. The third-order valence-corrected chi connectivity index (χ3v) is 4.65. The molecule has 1 aliphatic rings. The Morgan fingerprint density at radius 1 is 0.846 bits per heavy atom. The number of amides is 2. The smallest absolute Gasteiger partial charge is 0.267 e. The Bertz CT molecular complexity index is 723. The van der Waals surface area contributed by atoms with Crippen molar-refractivity contribution in [2.75, 3.05) is 10.0 Å². The van der Waals surface area contributed by atoms with Gasteiger partial charge in [-0.25, -0.2) is 18.8 Å². The Morgan fingerprint density at radius 2 is 1.27 bits per heavy atom. The van der Waals surface area contributed by atoms with Crippen LogP contribution in [-0.2, 0) is 9.59 Å². The number of hydrogen-bond acceptors (Lipinski definition) is 2. The van der Waals surface area contributed by atoms with Crippen LogP contribution in [0.15, 0.2) is 60.7 Å². The lowest BCUT2D eigenvalue weighted by atomic mass is 9.82. The van der Waals surface area contributed by atoms with Crippen LogP contribution in [0.2, 0.25) is 0 Å². The molecule has 0 saturated carbocycles. The molecule has 0 atom stereocenters. The number of carbonyl (C=O) groups excluding carboxylic acids is 2. The lowest BCUT2D eigenvalue weighted by molar-refractivity contribution is -0.146. The van der Waals surface area contributed by atoms with Gasteiger partial charge in [-0.05, 0) is 30.7 Å². The van der Waals surface area contributed by atoms with Gasteiger partial charge in [-0.2, -0.15) is 0 Å². The van der Waals surface area contributed by atoms with Gasteiger partial charge in [0.05, 0.1) is 11.4 Å². The Kier molecular flexibility index (Phi) is 5.02. The first kappa shape index (κ1) is 18.0. The van der Waals surface area contributed by atoms with Crippen LogP contribution in [-0.4, -0.2) is 18.2 Å². The Morgan fingerprint density at radius 3 is 1.62 bits per heavy atom. The van der Waals surface area contributed by atoms with E-state index in [2.05, 4.69) is 0 Å². The van der Waals surface area contributed by atoms with Gasteiger partial charge in [0.2, 0.25) is 0 Å². The van der Waals surface area contributed by atoms with Gasteiger partial charge in [0.1, 0.15) is 0 Å². The first-order valence-electron chi connectivity index (χ1n) is 8.61. The van der Waals surface area contributed by atoms with E-state index in [1.807, 2.05) is 6.92 Å². The third-order valence-electron chi connectivity index (χ3n) is 4.65. The Hall–Kier alpha value is -2.76. The van der Waals surface area contributed by atoms with Gasteiger partial charge in [0, 0.05) is 0 Å². The minimum atomic E-state index is -3.08. The summed E-state index contributed by atoms with van der Waals surface area (Å²) in [6, 6.07) is 16.8. The second-order valence-electron chi connectivity index (χ2n) is 6.28. The van der Waals surface area contributed by atoms with E-state index in [-0.39, 0.29) is 6.42 Å². The number of anilines is 2. The molecule has 2 amide bonds. The Labute approximate surface area is 151 Å². The van der Waals surface area contributed by atoms with Crippen molar-refractivity contribution in [1.29, 1.82) is 0 Å². The molecule has 0 aliphatic carbocycles. The van der Waals surface area contributed by atoms with Crippen LogP contribution in [0, 0.1) is 5.41 Å². The summed E-state index contributed by atoms with van der Waals surface area (Å²) in [5.41, 5.74) is -1.58. The van der Waals surface area contributed by atoms with E-state index >= 15 is 0 Å². The van der Waals surface area contributed by atoms with Crippen molar-refractivity contribution in [1.82, 2.24) is 0 Å². The topological polar surface area (TPSA) is 40.6 Å². The molecule has 0 spiro atoms. The van der Waals surface area contributed by atoms with Crippen LogP contribution in [0.5, 0.6) is 0 Å². The predicted octanol–water partition coefficient (Wildman–Crippen LogP) is 4.42. The number of hydrazine groups is 1. The van der Waals surface area contributed by atoms with Gasteiger partial charge in [-0.3, -0.25) is 9.59 Å². The molecule has 0 bridgehead atoms. The summed E-state index contributed by atoms with van der Waals surface area (Å²) in [4.78, 5) is 26.3. The molecule has 0 radical (unpaired) electrons. The van der Waals surface area contributed by atoms with E-state index in [0.29, 0.717) is 24.2 Å². The first-order chi connectivity index (χ1) is 12.5. The SMILES string of the molecule is CCCCC1(C(F)F)C(=O)N(c2ccccc2)N(c2ccccc2)C1=O. The molecule has 26 heavy (non-hydrogen) atoms. The van der Waals surface area contributed by atoms with Gasteiger partial charge in [0.15, 0.2) is 5.41 Å². The zero-order chi connectivity index (χ0) is 18.7. The fourth-order valence-corrected chi connectivity index (χ4v) is 3.22. The van der Waals surface area contributed by atoms with E-state index in [1.165, 1.54) is 0 Å². The highest BCUT2D eigenvalue weighted by molar-refractivity contribution is 6.26. The van der Waals surface area contributed by atoms with E-state index < -0.39 is 23.7 Å². The van der Waals surface area contributed by atoms with E-state index in [9.17, 15) is 18.4 Å². The molecule has 1 heterocycles. The van der Waals surface area contributed by atoms with Crippen molar-refractivity contribution < 1.29 is 18.4 Å². The van der Waals surface area contributed by atoms with Gasteiger partial charge >= 0.3 is 0 Å². The average Bonchev–Trinajstić information content (AvgIpc) is 2.89. The lowest BCUT2D eigenvalue weighted by Crippen LogP contribution is -2.43. The lowest BCUT2D eigenvalue weighted by Gasteiger charge is -2.27. The maximum absolute atomic E-state index is 14.1. The maximum Gasteiger partial charge on any atom is 0.267 e. The molecule has 1 fully saturated rings. The van der Waals surface area contributed by atoms with Gasteiger partial charge in [-0.1, -0.05) is 56.2 Å². The second-order valence-corrected chi connectivity index (χ2v) is 6.28. The fourth-order valence-electron chi connectivity index (χ4n) is 3.22. The number of alkyl halides is 2. The number of hydrogen-bond donors (Lipinski definition) is 0. The second kappa shape index (κ2) is 7.23. The van der Waals surface area contributed by atoms with E-state index in [1.54, 1.807) is 60.7 Å². The number of unbranched alkanes of at least 4 members (excludes halogenated alkanes) is 1. The highest BCUT2D eigenvalue weighted by Crippen LogP contribution is 2.45. The number of carbonyl (C=O) groups is 2. The summed E-state index contributed by atoms with van der Waals surface area (Å²) in [6.07, 6.45) is -2.27. The van der Waals surface area contributed by atoms with Crippen LogP contribution in [0.3, 0.4) is 0 Å². The highest BCUT2D eigenvalue weighted by Gasteiger charge is 2.64. The molecule has 2 aromatic carbocycles. The molecule has 1 aliphatic heterocycles. The number of para-hydroxylation sites is 2. The maximum atomic E-state index is 14.1. The first-order valence-corrected chi connectivity index (χ1v) is 8.61. The third kappa shape index (κ3) is 2.75. The van der Waals surface area contributed by atoms with Crippen molar-refractivity contribution >= 4 is 23.2 Å². The fraction of sp³-hybridized carbons (Fsp3) is 0.300. The molecule has 4 nitrogen and oxygen atoms in total. The van der Waals surface area contributed by atoms with Gasteiger partial charge in [-0.15, -0.1) is 0 Å². The van der Waals surface area contributed by atoms with Gasteiger partial charge in [0.25, 0.3) is 18.2 Å². The van der Waals surface area contributed by atoms with Gasteiger partial charge < -0.3 is 0 Å². The Balaban J connectivity index is 2.17. The minimum Gasteiger partial charge on any atom is -0.271 e. The molecule has 0 unspecified atom stereocenters. The summed E-state index contributed by atoms with van der Waals surface area (Å²) < 4.78 is 28.2. The minimum absolute atomic E-state index is 0.175. The molecular formula is C20H20F2N2O2. The number of benzene rings is 2. The number of rotatable bonds is 6. The quantitative estimate of drug-likeness (QED) is 0.717. The summed E-state index contributed by atoms with van der Waals surface area (Å²) >= 11 is 0. The van der Waals surface area contributed by atoms with Crippen LogP contribution < -0.4 is 10.0 Å². The van der Waals surface area contributed by atoms with Crippen LogP contribution in [0.1, 0.15) is 26.2 Å². The van der Waals surface area contributed by atoms with E-state index in [4.69, 9.17) is 0 Å². The summed E-state index contributed by atoms with van der Waals surface area (Å²) in [6.45, 7) is 1.84. The standard InChI is InChI=1S/C20H20F2N2O2/c1-2-3-14-20(17(21)22)18(25)23(15-10-6-4-7-11-15)24(19(20)26)16-12-8-5-9-13-16/h4-13,17H,2-3,14H2,1H3. The molecule has 6 heteroatoms. The van der Waals surface area contributed by atoms with Crippen molar-refractivity contribution in [2.24, 2.45) is 5.41 Å². The molecule has 136 valence electrons. The average molecular weight is 358 g/mol. The molecule has 0 N–H and O–H groups in total. The normalized spacial score (nSPS) is 16.6. The van der Waals surface area contributed by atoms with Crippen molar-refractivity contribution in [3.05, 3.63) is 60.7 Å². The summed E-state index contributed by atoms with van der Waals surface area (Å²) in [7, 11) is 0. The van der Waals surface area contributed by atoms with Crippen molar-refractivity contribution in [2.45, 2.75) is 32.6 Å². The molecule has 3 rings (SSSR count). The van der Waals surface area contributed by atoms with E-state index in [0.717, 1.165) is 10.0 Å². The van der Waals surface area contributed by atoms with Crippen molar-refractivity contribution in [3.63, 3.8) is 0 Å². The van der Waals surface area contributed by atoms with Crippen LogP contribution in [0.25, 0.3) is 0 Å². The monoisotopic (exact) mass is 358 g/mol. The van der Waals surface area contributed by atoms with Crippen molar-refractivity contribution in [3.8, 4) is 0 Å². The predicted molar refractivity (Wildman–Crippen MR) is 95.8 cm³/mol. The molecule has 0 aromatic heterocycles. The number of nitrogens with zero attached hydrogens (tertiary/aromatic N) is 2. The largest absolute Gasteiger partial charge is 0.271 e. The van der Waals surface area contributed by atoms with Crippen LogP contribution in [0.4, 0.5) is 20.2 Å². The summed E-state index contributed by atoms with van der Waals surface area (Å²) in [5.74, 6) is -1.75. The molecule has 1 saturated heterocycles. The molecule has 2 aromatic rings. The van der Waals surface area contributed by atoms with Crippen LogP contribution >= 0.6 is 0 Å². The highest BCUT2D eigenvalue weighted by atomic mass is 19.3. The zero-order valence-electron chi connectivity index (χ0n) is 14.4. The number of halogens is 2. The zero-order valence-corrected chi connectivity index (χ0v) is 14.4. The molecular weight excluding hydrogens is 338 g/mol.